The summed E-state index contributed by atoms with van der Waals surface area (Å²) in [4.78, 5) is 14.3. The number of thiophene rings is 1. The molecule has 0 unspecified atom stereocenters. The summed E-state index contributed by atoms with van der Waals surface area (Å²) < 4.78 is 0. The fourth-order valence-electron chi connectivity index (χ4n) is 2.46. The van der Waals surface area contributed by atoms with Gasteiger partial charge in [-0.1, -0.05) is 19.8 Å². The van der Waals surface area contributed by atoms with Crippen LogP contribution in [-0.4, -0.2) is 11.9 Å². The molecular weight excluding hydrogens is 242 g/mol. The summed E-state index contributed by atoms with van der Waals surface area (Å²) in [6.07, 6.45) is 8.46. The molecule has 1 fully saturated rings. The minimum absolute atomic E-state index is 0.0415. The summed E-state index contributed by atoms with van der Waals surface area (Å²) in [6, 6.07) is 4.49. The second kappa shape index (κ2) is 6.19. The number of rotatable bonds is 3. The van der Waals surface area contributed by atoms with Gasteiger partial charge in [0.25, 0.3) is 0 Å². The number of hydrogen-bond acceptors (Lipinski definition) is 2. The third kappa shape index (κ3) is 3.70. The van der Waals surface area contributed by atoms with Gasteiger partial charge in [-0.05, 0) is 43.9 Å². The van der Waals surface area contributed by atoms with Crippen LogP contribution < -0.4 is 5.32 Å². The van der Waals surface area contributed by atoms with Gasteiger partial charge in [-0.3, -0.25) is 4.79 Å². The molecule has 0 aliphatic heterocycles. The smallest absolute Gasteiger partial charge is 0.244 e. The van der Waals surface area contributed by atoms with Crippen molar-refractivity contribution in [1.82, 2.24) is 5.32 Å². The van der Waals surface area contributed by atoms with Crippen molar-refractivity contribution in [3.63, 3.8) is 0 Å². The molecule has 0 aromatic carbocycles. The van der Waals surface area contributed by atoms with Crippen LogP contribution in [0.5, 0.6) is 0 Å². The molecular formula is C15H21NOS. The van der Waals surface area contributed by atoms with Crippen molar-refractivity contribution >= 4 is 23.3 Å². The first-order chi connectivity index (χ1) is 8.65. The van der Waals surface area contributed by atoms with Crippen LogP contribution in [0.3, 0.4) is 0 Å². The monoisotopic (exact) mass is 263 g/mol. The van der Waals surface area contributed by atoms with E-state index in [1.165, 1.54) is 24.1 Å². The van der Waals surface area contributed by atoms with E-state index in [2.05, 4.69) is 25.2 Å². The standard InChI is InChI=1S/C15H21NOS/c1-11-5-3-4-6-14(11)16-15(17)10-9-13-8-7-12(2)18-13/h7-11,14H,3-6H2,1-2H3,(H,16,17)/b10-9+/t11-,14-/m0/s1. The maximum absolute atomic E-state index is 11.8. The lowest BCUT2D eigenvalue weighted by Crippen LogP contribution is -2.40. The highest BCUT2D eigenvalue weighted by Crippen LogP contribution is 2.23. The predicted octanol–water partition coefficient (Wildman–Crippen LogP) is 3.76. The van der Waals surface area contributed by atoms with Crippen LogP contribution in [0.25, 0.3) is 6.08 Å². The Morgan fingerprint density at radius 3 is 2.83 bits per heavy atom. The minimum Gasteiger partial charge on any atom is -0.350 e. The van der Waals surface area contributed by atoms with Gasteiger partial charge < -0.3 is 5.32 Å². The van der Waals surface area contributed by atoms with E-state index in [9.17, 15) is 4.79 Å². The van der Waals surface area contributed by atoms with E-state index in [0.717, 1.165) is 11.3 Å². The van der Waals surface area contributed by atoms with E-state index in [4.69, 9.17) is 0 Å². The van der Waals surface area contributed by atoms with Gasteiger partial charge in [0.05, 0.1) is 0 Å². The first kappa shape index (κ1) is 13.3. The van der Waals surface area contributed by atoms with Crippen molar-refractivity contribution in [2.75, 3.05) is 0 Å². The summed E-state index contributed by atoms with van der Waals surface area (Å²) in [5.74, 6) is 0.653. The molecule has 2 atom stereocenters. The minimum atomic E-state index is 0.0415. The Hall–Kier alpha value is -1.09. The number of carbonyl (C=O) groups is 1. The second-order valence-electron chi connectivity index (χ2n) is 5.16. The van der Waals surface area contributed by atoms with E-state index in [0.29, 0.717) is 12.0 Å². The van der Waals surface area contributed by atoms with Crippen LogP contribution in [-0.2, 0) is 4.79 Å². The average molecular weight is 263 g/mol. The molecule has 1 aliphatic carbocycles. The average Bonchev–Trinajstić information content (AvgIpc) is 2.76. The van der Waals surface area contributed by atoms with E-state index < -0.39 is 0 Å². The number of hydrogen-bond donors (Lipinski definition) is 1. The van der Waals surface area contributed by atoms with Gasteiger partial charge in [0.2, 0.25) is 5.91 Å². The highest BCUT2D eigenvalue weighted by molar-refractivity contribution is 7.12. The molecule has 0 saturated heterocycles. The fraction of sp³-hybridized carbons (Fsp3) is 0.533. The second-order valence-corrected chi connectivity index (χ2v) is 6.48. The zero-order valence-electron chi connectivity index (χ0n) is 11.1. The third-order valence-electron chi connectivity index (χ3n) is 3.60. The molecule has 2 rings (SSSR count). The molecule has 1 aliphatic rings. The summed E-state index contributed by atoms with van der Waals surface area (Å²) in [5.41, 5.74) is 0. The molecule has 2 nitrogen and oxygen atoms in total. The zero-order valence-corrected chi connectivity index (χ0v) is 11.9. The van der Waals surface area contributed by atoms with E-state index in [1.54, 1.807) is 17.4 Å². The highest BCUT2D eigenvalue weighted by Gasteiger charge is 2.21. The summed E-state index contributed by atoms with van der Waals surface area (Å²) in [5, 5.41) is 3.12. The van der Waals surface area contributed by atoms with Crippen molar-refractivity contribution < 1.29 is 4.79 Å². The molecule has 1 aromatic heterocycles. The molecule has 1 saturated carbocycles. The normalized spacial score (nSPS) is 24.3. The Bertz CT molecular complexity index is 435. The molecule has 1 amide bonds. The summed E-state index contributed by atoms with van der Waals surface area (Å²) >= 11 is 1.71. The highest BCUT2D eigenvalue weighted by atomic mass is 32.1. The predicted molar refractivity (Wildman–Crippen MR) is 77.7 cm³/mol. The Kier molecular flexibility index (Phi) is 4.59. The van der Waals surface area contributed by atoms with E-state index in [1.807, 2.05) is 12.1 Å². The van der Waals surface area contributed by atoms with Crippen LogP contribution >= 0.6 is 11.3 Å². The largest absolute Gasteiger partial charge is 0.350 e. The number of amides is 1. The Labute approximate surface area is 113 Å². The Morgan fingerprint density at radius 1 is 1.39 bits per heavy atom. The van der Waals surface area contributed by atoms with Gasteiger partial charge >= 0.3 is 0 Å². The summed E-state index contributed by atoms with van der Waals surface area (Å²) in [7, 11) is 0. The Balaban J connectivity index is 1.86. The number of nitrogens with one attached hydrogen (secondary N) is 1. The lowest BCUT2D eigenvalue weighted by Gasteiger charge is -2.29. The van der Waals surface area contributed by atoms with Gasteiger partial charge in [-0.2, -0.15) is 0 Å². The lowest BCUT2D eigenvalue weighted by atomic mass is 9.86. The topological polar surface area (TPSA) is 29.1 Å². The maximum Gasteiger partial charge on any atom is 0.244 e. The van der Waals surface area contributed by atoms with Crippen LogP contribution in [0.2, 0.25) is 0 Å². The van der Waals surface area contributed by atoms with Crippen molar-refractivity contribution in [3.05, 3.63) is 28.0 Å². The molecule has 18 heavy (non-hydrogen) atoms. The third-order valence-corrected chi connectivity index (χ3v) is 4.57. The van der Waals surface area contributed by atoms with Crippen LogP contribution in [0.4, 0.5) is 0 Å². The molecule has 0 bridgehead atoms. The van der Waals surface area contributed by atoms with Crippen molar-refractivity contribution in [2.24, 2.45) is 5.92 Å². The van der Waals surface area contributed by atoms with Gasteiger partial charge in [0.15, 0.2) is 0 Å². The molecule has 3 heteroatoms. The number of aryl methyl sites for hydroxylation is 1. The van der Waals surface area contributed by atoms with Crippen LogP contribution in [0.1, 0.15) is 42.4 Å². The number of carbonyl (C=O) groups excluding carboxylic acids is 1. The van der Waals surface area contributed by atoms with Crippen LogP contribution in [0, 0.1) is 12.8 Å². The van der Waals surface area contributed by atoms with E-state index in [-0.39, 0.29) is 5.91 Å². The molecule has 1 N–H and O–H groups in total. The zero-order chi connectivity index (χ0) is 13.0. The first-order valence-corrected chi connectivity index (χ1v) is 7.52. The Morgan fingerprint density at radius 2 is 2.17 bits per heavy atom. The van der Waals surface area contributed by atoms with Gasteiger partial charge in [0, 0.05) is 21.9 Å². The lowest BCUT2D eigenvalue weighted by molar-refractivity contribution is -0.117. The van der Waals surface area contributed by atoms with Gasteiger partial charge in [0.1, 0.15) is 0 Å². The molecule has 0 spiro atoms. The quantitative estimate of drug-likeness (QED) is 0.826. The van der Waals surface area contributed by atoms with Crippen molar-refractivity contribution in [3.8, 4) is 0 Å². The van der Waals surface area contributed by atoms with Gasteiger partial charge in [-0.15, -0.1) is 11.3 Å². The molecule has 98 valence electrons. The van der Waals surface area contributed by atoms with Gasteiger partial charge in [-0.25, -0.2) is 0 Å². The fourth-order valence-corrected chi connectivity index (χ4v) is 3.24. The molecule has 1 aromatic rings. The first-order valence-electron chi connectivity index (χ1n) is 6.70. The maximum atomic E-state index is 11.8. The van der Waals surface area contributed by atoms with E-state index >= 15 is 0 Å². The SMILES string of the molecule is Cc1ccc(/C=C/C(=O)N[C@H]2CCCC[C@@H]2C)s1. The van der Waals surface area contributed by atoms with Crippen molar-refractivity contribution in [2.45, 2.75) is 45.6 Å². The summed E-state index contributed by atoms with van der Waals surface area (Å²) in [6.45, 7) is 4.31. The van der Waals surface area contributed by atoms with Crippen LogP contribution in [0.15, 0.2) is 18.2 Å². The van der Waals surface area contributed by atoms with Crippen molar-refractivity contribution in [1.29, 1.82) is 0 Å². The molecule has 0 radical (unpaired) electrons. The molecule has 1 heterocycles.